The highest BCUT2D eigenvalue weighted by molar-refractivity contribution is 7.92. The van der Waals surface area contributed by atoms with Gasteiger partial charge in [0.15, 0.2) is 0 Å². The molecular formula is C16H16N2O5S. The molecule has 2 rings (SSSR count). The first-order valence-corrected chi connectivity index (χ1v) is 8.55. The molecule has 0 radical (unpaired) electrons. The maximum absolute atomic E-state index is 12.2. The van der Waals surface area contributed by atoms with Crippen LogP contribution in [0.3, 0.4) is 0 Å². The molecule has 0 fully saturated rings. The Balaban J connectivity index is 2.03. The first kappa shape index (κ1) is 17.5. The third-order valence-corrected chi connectivity index (χ3v) is 4.44. The van der Waals surface area contributed by atoms with Gasteiger partial charge in [0.05, 0.1) is 11.3 Å². The zero-order valence-corrected chi connectivity index (χ0v) is 13.4. The maximum atomic E-state index is 12.2. The molecule has 0 bridgehead atoms. The van der Waals surface area contributed by atoms with E-state index in [1.54, 1.807) is 30.3 Å². The number of sulfonamides is 1. The summed E-state index contributed by atoms with van der Waals surface area (Å²) in [6.45, 7) is 0. The molecule has 0 saturated heterocycles. The van der Waals surface area contributed by atoms with Gasteiger partial charge in [-0.2, -0.15) is 0 Å². The summed E-state index contributed by atoms with van der Waals surface area (Å²) in [5, 5.41) is 11.0. The smallest absolute Gasteiger partial charge is 0.303 e. The lowest BCUT2D eigenvalue weighted by molar-refractivity contribution is -0.138. The van der Waals surface area contributed by atoms with Crippen molar-refractivity contribution in [2.75, 3.05) is 10.0 Å². The zero-order valence-electron chi connectivity index (χ0n) is 12.6. The molecule has 0 spiro atoms. The molecule has 0 saturated carbocycles. The number of hydrogen-bond acceptors (Lipinski definition) is 4. The Morgan fingerprint density at radius 1 is 0.875 bits per heavy atom. The van der Waals surface area contributed by atoms with E-state index in [-0.39, 0.29) is 17.7 Å². The van der Waals surface area contributed by atoms with Gasteiger partial charge < -0.3 is 10.4 Å². The number of para-hydroxylation sites is 1. The Hall–Kier alpha value is -2.87. The van der Waals surface area contributed by atoms with Crippen molar-refractivity contribution < 1.29 is 23.1 Å². The largest absolute Gasteiger partial charge is 0.481 e. The van der Waals surface area contributed by atoms with Crippen LogP contribution in [0.2, 0.25) is 0 Å². The molecule has 2 aromatic rings. The van der Waals surface area contributed by atoms with Crippen LogP contribution in [0.5, 0.6) is 0 Å². The summed E-state index contributed by atoms with van der Waals surface area (Å²) in [7, 11) is -3.72. The Labute approximate surface area is 139 Å². The minimum Gasteiger partial charge on any atom is -0.481 e. The maximum Gasteiger partial charge on any atom is 0.303 e. The number of benzene rings is 2. The van der Waals surface area contributed by atoms with Crippen molar-refractivity contribution in [3.05, 3.63) is 54.6 Å². The third kappa shape index (κ3) is 5.10. The number of aliphatic carboxylic acids is 1. The van der Waals surface area contributed by atoms with E-state index in [2.05, 4.69) is 10.0 Å². The van der Waals surface area contributed by atoms with Gasteiger partial charge in [0.1, 0.15) is 0 Å². The predicted molar refractivity (Wildman–Crippen MR) is 89.2 cm³/mol. The van der Waals surface area contributed by atoms with E-state index >= 15 is 0 Å². The first-order valence-electron chi connectivity index (χ1n) is 7.06. The fourth-order valence-corrected chi connectivity index (χ4v) is 2.94. The molecular weight excluding hydrogens is 332 g/mol. The summed E-state index contributed by atoms with van der Waals surface area (Å²) < 4.78 is 26.9. The number of amides is 1. The van der Waals surface area contributed by atoms with Crippen LogP contribution >= 0.6 is 0 Å². The molecule has 2 aromatic carbocycles. The second-order valence-corrected chi connectivity index (χ2v) is 6.62. The van der Waals surface area contributed by atoms with Gasteiger partial charge in [0.2, 0.25) is 5.91 Å². The van der Waals surface area contributed by atoms with Crippen LogP contribution in [0.4, 0.5) is 11.4 Å². The molecule has 0 aliphatic carbocycles. The third-order valence-electron chi connectivity index (χ3n) is 3.04. The van der Waals surface area contributed by atoms with Crippen LogP contribution < -0.4 is 10.0 Å². The molecule has 24 heavy (non-hydrogen) atoms. The molecule has 0 aromatic heterocycles. The number of carbonyl (C=O) groups excluding carboxylic acids is 1. The molecule has 0 atom stereocenters. The van der Waals surface area contributed by atoms with Crippen molar-refractivity contribution in [3.8, 4) is 0 Å². The predicted octanol–water partition coefficient (Wildman–Crippen LogP) is 2.29. The summed E-state index contributed by atoms with van der Waals surface area (Å²) in [6, 6.07) is 14.1. The normalized spacial score (nSPS) is 10.8. The highest BCUT2D eigenvalue weighted by atomic mass is 32.2. The van der Waals surface area contributed by atoms with Gasteiger partial charge in [-0.3, -0.25) is 14.3 Å². The Morgan fingerprint density at radius 2 is 1.50 bits per heavy atom. The summed E-state index contributed by atoms with van der Waals surface area (Å²) in [5.74, 6) is -1.51. The lowest BCUT2D eigenvalue weighted by atomic mass is 10.2. The lowest BCUT2D eigenvalue weighted by Gasteiger charge is -2.09. The second kappa shape index (κ2) is 7.60. The number of nitrogens with one attached hydrogen (secondary N) is 2. The van der Waals surface area contributed by atoms with Crippen molar-refractivity contribution in [1.82, 2.24) is 0 Å². The van der Waals surface area contributed by atoms with E-state index in [1.165, 1.54) is 24.3 Å². The molecule has 3 N–H and O–H groups in total. The van der Waals surface area contributed by atoms with Crippen LogP contribution in [0, 0.1) is 0 Å². The highest BCUT2D eigenvalue weighted by Gasteiger charge is 2.14. The van der Waals surface area contributed by atoms with E-state index in [9.17, 15) is 18.0 Å². The van der Waals surface area contributed by atoms with Crippen molar-refractivity contribution in [2.45, 2.75) is 17.7 Å². The van der Waals surface area contributed by atoms with E-state index < -0.39 is 21.9 Å². The van der Waals surface area contributed by atoms with Crippen LogP contribution in [-0.2, 0) is 19.6 Å². The summed E-state index contributed by atoms with van der Waals surface area (Å²) in [6.07, 6.45) is -0.412. The number of carbonyl (C=O) groups is 2. The molecule has 1 amide bonds. The van der Waals surface area contributed by atoms with E-state index in [0.717, 1.165) is 0 Å². The quantitative estimate of drug-likeness (QED) is 0.710. The molecule has 126 valence electrons. The minimum atomic E-state index is -3.72. The van der Waals surface area contributed by atoms with Crippen LogP contribution in [0.15, 0.2) is 59.5 Å². The average Bonchev–Trinajstić information content (AvgIpc) is 2.54. The van der Waals surface area contributed by atoms with E-state index in [0.29, 0.717) is 11.4 Å². The number of rotatable bonds is 7. The molecule has 7 nitrogen and oxygen atoms in total. The van der Waals surface area contributed by atoms with Gasteiger partial charge >= 0.3 is 5.97 Å². The zero-order chi connectivity index (χ0) is 17.6. The van der Waals surface area contributed by atoms with Crippen LogP contribution in [-0.4, -0.2) is 25.4 Å². The number of anilines is 2. The fraction of sp³-hybridized carbons (Fsp3) is 0.125. The van der Waals surface area contributed by atoms with Gasteiger partial charge in [-0.25, -0.2) is 8.42 Å². The fourth-order valence-electron chi connectivity index (χ4n) is 1.88. The standard InChI is InChI=1S/C16H16N2O5S/c19-15(10-11-16(20)21)17-12-6-8-14(9-7-12)24(22,23)18-13-4-2-1-3-5-13/h1-9,18H,10-11H2,(H,17,19)(H,20,21). The van der Waals surface area contributed by atoms with Crippen molar-refractivity contribution in [3.63, 3.8) is 0 Å². The second-order valence-electron chi connectivity index (χ2n) is 4.94. The number of carboxylic acid groups (broad SMARTS) is 1. The molecule has 8 heteroatoms. The number of hydrogen-bond donors (Lipinski definition) is 3. The molecule has 0 aliphatic heterocycles. The Bertz CT molecular complexity index is 817. The van der Waals surface area contributed by atoms with Crippen molar-refractivity contribution in [2.24, 2.45) is 0 Å². The molecule has 0 unspecified atom stereocenters. The van der Waals surface area contributed by atoms with Gasteiger partial charge in [0.25, 0.3) is 10.0 Å². The van der Waals surface area contributed by atoms with Gasteiger partial charge in [0, 0.05) is 17.8 Å². The van der Waals surface area contributed by atoms with E-state index in [4.69, 9.17) is 5.11 Å². The highest BCUT2D eigenvalue weighted by Crippen LogP contribution is 2.18. The Kier molecular flexibility index (Phi) is 5.54. The van der Waals surface area contributed by atoms with Crippen LogP contribution in [0.1, 0.15) is 12.8 Å². The first-order chi connectivity index (χ1) is 11.4. The number of carboxylic acids is 1. The van der Waals surface area contributed by atoms with Gasteiger partial charge in [-0.15, -0.1) is 0 Å². The summed E-state index contributed by atoms with van der Waals surface area (Å²) >= 11 is 0. The van der Waals surface area contributed by atoms with Crippen LogP contribution in [0.25, 0.3) is 0 Å². The van der Waals surface area contributed by atoms with Gasteiger partial charge in [-0.05, 0) is 36.4 Å². The molecule has 0 aliphatic rings. The SMILES string of the molecule is O=C(O)CCC(=O)Nc1ccc(S(=O)(=O)Nc2ccccc2)cc1. The van der Waals surface area contributed by atoms with Gasteiger partial charge in [-0.1, -0.05) is 18.2 Å². The summed E-state index contributed by atoms with van der Waals surface area (Å²) in [5.41, 5.74) is 0.840. The van der Waals surface area contributed by atoms with Crippen molar-refractivity contribution in [1.29, 1.82) is 0 Å². The molecule has 0 heterocycles. The minimum absolute atomic E-state index is 0.0508. The monoisotopic (exact) mass is 348 g/mol. The summed E-state index contributed by atoms with van der Waals surface area (Å²) in [4.78, 5) is 22.0. The topological polar surface area (TPSA) is 113 Å². The van der Waals surface area contributed by atoms with Crippen molar-refractivity contribution >= 4 is 33.3 Å². The Morgan fingerprint density at radius 3 is 2.08 bits per heavy atom. The lowest BCUT2D eigenvalue weighted by Crippen LogP contribution is -2.14. The average molecular weight is 348 g/mol. The van der Waals surface area contributed by atoms with E-state index in [1.807, 2.05) is 0 Å².